The Kier molecular flexibility index (Phi) is 5.65. The van der Waals surface area contributed by atoms with Gasteiger partial charge in [0.05, 0.1) is 20.3 Å². The Labute approximate surface area is 176 Å². The van der Waals surface area contributed by atoms with Crippen LogP contribution in [0, 0.1) is 0 Å². The van der Waals surface area contributed by atoms with Gasteiger partial charge in [0.2, 0.25) is 0 Å². The topological polar surface area (TPSA) is 41.9 Å². The first-order chi connectivity index (χ1) is 14.1. The van der Waals surface area contributed by atoms with E-state index >= 15 is 0 Å². The lowest BCUT2D eigenvalue weighted by atomic mass is 9.87. The fraction of sp³-hybridized carbons (Fsp3) is 0.250. The number of hydrogen-bond donors (Lipinski definition) is 1. The molecule has 0 radical (unpaired) electrons. The summed E-state index contributed by atoms with van der Waals surface area (Å²) in [6.45, 7) is 1.67. The second kappa shape index (κ2) is 8.36. The molecule has 1 heterocycles. The smallest absolute Gasteiger partial charge is 0.161 e. The lowest BCUT2D eigenvalue weighted by Gasteiger charge is -2.38. The van der Waals surface area contributed by atoms with Gasteiger partial charge in [-0.25, -0.2) is 0 Å². The zero-order valence-corrected chi connectivity index (χ0v) is 17.3. The third kappa shape index (κ3) is 4.04. The summed E-state index contributed by atoms with van der Waals surface area (Å²) in [6.07, 6.45) is 0.921. The van der Waals surface area contributed by atoms with Crippen molar-refractivity contribution in [3.8, 4) is 17.2 Å². The van der Waals surface area contributed by atoms with E-state index in [1.165, 1.54) is 11.1 Å². The predicted octanol–water partition coefficient (Wildman–Crippen LogP) is 5.21. The lowest BCUT2D eigenvalue weighted by molar-refractivity contribution is 0.203. The number of fused-ring (bicyclic) bond motifs is 1. The highest BCUT2D eigenvalue weighted by Crippen LogP contribution is 2.42. The van der Waals surface area contributed by atoms with Gasteiger partial charge < -0.3 is 14.6 Å². The van der Waals surface area contributed by atoms with Crippen LogP contribution >= 0.6 is 11.6 Å². The summed E-state index contributed by atoms with van der Waals surface area (Å²) in [5.41, 5.74) is 4.76. The van der Waals surface area contributed by atoms with E-state index in [1.54, 1.807) is 26.4 Å². The lowest BCUT2D eigenvalue weighted by Crippen LogP contribution is -2.35. The highest BCUT2D eigenvalue weighted by atomic mass is 35.5. The van der Waals surface area contributed by atoms with Crippen LogP contribution in [0.5, 0.6) is 17.2 Å². The van der Waals surface area contributed by atoms with Gasteiger partial charge in [-0.3, -0.25) is 4.90 Å². The molecule has 4 rings (SSSR count). The molecule has 0 amide bonds. The van der Waals surface area contributed by atoms with Crippen LogP contribution in [0.15, 0.2) is 60.7 Å². The molecule has 1 aliphatic rings. The number of phenolic OH excluding ortho intramolecular Hbond substituents is 1. The molecule has 0 aliphatic carbocycles. The minimum absolute atomic E-state index is 0.0473. The number of benzene rings is 3. The molecular formula is C24H24ClNO3. The van der Waals surface area contributed by atoms with Gasteiger partial charge >= 0.3 is 0 Å². The number of phenols is 1. The third-order valence-electron chi connectivity index (χ3n) is 5.46. The summed E-state index contributed by atoms with van der Waals surface area (Å²) in [6, 6.07) is 19.7. The van der Waals surface area contributed by atoms with Crippen LogP contribution in [0.2, 0.25) is 5.02 Å². The molecule has 150 valence electrons. The molecule has 3 aromatic carbocycles. The van der Waals surface area contributed by atoms with Gasteiger partial charge in [-0.1, -0.05) is 35.9 Å². The van der Waals surface area contributed by atoms with Crippen molar-refractivity contribution in [3.05, 3.63) is 87.9 Å². The van der Waals surface area contributed by atoms with Crippen LogP contribution in [0.1, 0.15) is 28.3 Å². The van der Waals surface area contributed by atoms with Crippen LogP contribution in [0.3, 0.4) is 0 Å². The van der Waals surface area contributed by atoms with Crippen molar-refractivity contribution >= 4 is 11.6 Å². The van der Waals surface area contributed by atoms with Gasteiger partial charge in [-0.05, 0) is 65.1 Å². The van der Waals surface area contributed by atoms with Crippen LogP contribution in [-0.4, -0.2) is 30.8 Å². The number of ether oxygens (including phenoxy) is 2. The maximum atomic E-state index is 9.61. The number of nitrogens with zero attached hydrogens (tertiary/aromatic N) is 1. The third-order valence-corrected chi connectivity index (χ3v) is 5.69. The van der Waals surface area contributed by atoms with Crippen LogP contribution in [0.25, 0.3) is 0 Å². The fourth-order valence-electron chi connectivity index (χ4n) is 4.07. The molecule has 0 aromatic heterocycles. The summed E-state index contributed by atoms with van der Waals surface area (Å²) in [7, 11) is 3.33. The van der Waals surface area contributed by atoms with Gasteiger partial charge in [0.15, 0.2) is 11.5 Å². The quantitative estimate of drug-likeness (QED) is 0.628. The molecule has 0 bridgehead atoms. The molecular weight excluding hydrogens is 386 g/mol. The summed E-state index contributed by atoms with van der Waals surface area (Å²) >= 11 is 6.33. The first kappa shape index (κ1) is 19.6. The average molecular weight is 410 g/mol. The molecule has 0 spiro atoms. The van der Waals surface area contributed by atoms with Crippen molar-refractivity contribution in [2.75, 3.05) is 20.8 Å². The number of hydrogen-bond acceptors (Lipinski definition) is 4. The van der Waals surface area contributed by atoms with Crippen molar-refractivity contribution in [1.82, 2.24) is 4.90 Å². The summed E-state index contributed by atoms with van der Waals surface area (Å²) in [5.74, 6) is 1.76. The Bertz CT molecular complexity index is 1000. The second-order valence-corrected chi connectivity index (χ2v) is 7.69. The predicted molar refractivity (Wildman–Crippen MR) is 115 cm³/mol. The molecule has 5 heteroatoms. The summed E-state index contributed by atoms with van der Waals surface area (Å²) in [5, 5.41) is 10.3. The van der Waals surface area contributed by atoms with Gasteiger partial charge in [0.1, 0.15) is 5.75 Å². The minimum atomic E-state index is 0.0473. The van der Waals surface area contributed by atoms with E-state index in [9.17, 15) is 5.11 Å². The zero-order valence-electron chi connectivity index (χ0n) is 16.6. The van der Waals surface area contributed by atoms with Crippen molar-refractivity contribution in [1.29, 1.82) is 0 Å². The maximum Gasteiger partial charge on any atom is 0.161 e. The fourth-order valence-corrected chi connectivity index (χ4v) is 4.27. The number of methoxy groups -OCH3 is 2. The van der Waals surface area contributed by atoms with Crippen molar-refractivity contribution < 1.29 is 14.6 Å². The van der Waals surface area contributed by atoms with E-state index in [0.717, 1.165) is 47.2 Å². The highest BCUT2D eigenvalue weighted by molar-refractivity contribution is 6.30. The Balaban J connectivity index is 1.79. The van der Waals surface area contributed by atoms with Gasteiger partial charge in [-0.15, -0.1) is 0 Å². The van der Waals surface area contributed by atoms with Crippen molar-refractivity contribution in [2.45, 2.75) is 19.0 Å². The summed E-state index contributed by atoms with van der Waals surface area (Å²) in [4.78, 5) is 2.44. The normalized spacial score (nSPS) is 16.3. The van der Waals surface area contributed by atoms with E-state index in [0.29, 0.717) is 0 Å². The Morgan fingerprint density at radius 1 is 1.00 bits per heavy atom. The molecule has 29 heavy (non-hydrogen) atoms. The van der Waals surface area contributed by atoms with E-state index in [1.807, 2.05) is 30.3 Å². The average Bonchev–Trinajstić information content (AvgIpc) is 2.74. The van der Waals surface area contributed by atoms with Crippen LogP contribution < -0.4 is 9.47 Å². The summed E-state index contributed by atoms with van der Waals surface area (Å²) < 4.78 is 11.1. The molecule has 0 fully saturated rings. The van der Waals surface area contributed by atoms with E-state index in [-0.39, 0.29) is 11.8 Å². The van der Waals surface area contributed by atoms with Crippen molar-refractivity contribution in [2.24, 2.45) is 0 Å². The number of rotatable bonds is 5. The monoisotopic (exact) mass is 409 g/mol. The second-order valence-electron chi connectivity index (χ2n) is 7.25. The van der Waals surface area contributed by atoms with Gasteiger partial charge in [0, 0.05) is 18.1 Å². The molecule has 1 aliphatic heterocycles. The number of halogens is 1. The largest absolute Gasteiger partial charge is 0.508 e. The molecule has 0 saturated carbocycles. The van der Waals surface area contributed by atoms with E-state index in [2.05, 4.69) is 23.1 Å². The first-order valence-electron chi connectivity index (χ1n) is 9.61. The van der Waals surface area contributed by atoms with Gasteiger partial charge in [-0.2, -0.15) is 0 Å². The van der Waals surface area contributed by atoms with Crippen molar-refractivity contribution in [3.63, 3.8) is 0 Å². The molecule has 1 N–H and O–H groups in total. The number of aromatic hydroxyl groups is 1. The minimum Gasteiger partial charge on any atom is -0.508 e. The molecule has 0 saturated heterocycles. The first-order valence-corrected chi connectivity index (χ1v) is 9.99. The molecule has 3 aromatic rings. The standard InChI is InChI=1S/C24H24ClNO3/c1-28-22-13-17-10-11-26(15-16-6-8-20(27)9-7-16)24(21(17)14-23(22)29-2)18-4-3-5-19(25)12-18/h3-9,12-14,24,27H,10-11,15H2,1-2H3/t24-/m0/s1. The maximum absolute atomic E-state index is 9.61. The molecule has 1 atom stereocenters. The molecule has 4 nitrogen and oxygen atoms in total. The Hall–Kier alpha value is -2.69. The Morgan fingerprint density at radius 2 is 1.72 bits per heavy atom. The van der Waals surface area contributed by atoms with E-state index in [4.69, 9.17) is 21.1 Å². The molecule has 0 unspecified atom stereocenters. The van der Waals surface area contributed by atoms with Crippen LogP contribution in [0.4, 0.5) is 0 Å². The Morgan fingerprint density at radius 3 is 2.41 bits per heavy atom. The highest BCUT2D eigenvalue weighted by Gasteiger charge is 2.30. The van der Waals surface area contributed by atoms with Crippen LogP contribution in [-0.2, 0) is 13.0 Å². The van der Waals surface area contributed by atoms with Gasteiger partial charge in [0.25, 0.3) is 0 Å². The zero-order chi connectivity index (χ0) is 20.4. The SMILES string of the molecule is COc1cc2c(cc1OC)[C@H](c1cccc(Cl)c1)N(Cc1ccc(O)cc1)CC2. The van der Waals surface area contributed by atoms with E-state index < -0.39 is 0 Å².